The second-order valence-electron chi connectivity index (χ2n) is 9.06. The van der Waals surface area contributed by atoms with Crippen LogP contribution in [0, 0.1) is 5.41 Å². The fourth-order valence-electron chi connectivity index (χ4n) is 4.72. The molecule has 2 aromatic rings. The van der Waals surface area contributed by atoms with Gasteiger partial charge in [0, 0.05) is 13.1 Å². The van der Waals surface area contributed by atoms with Gasteiger partial charge in [-0.05, 0) is 67.4 Å². The van der Waals surface area contributed by atoms with E-state index >= 15 is 0 Å². The van der Waals surface area contributed by atoms with E-state index in [1.54, 1.807) is 7.11 Å². The Morgan fingerprint density at radius 3 is 2.45 bits per heavy atom. The standard InChI is InChI=1S/C26H34N2O3/c1-30-23-9-7-22(8-10-23)19-28-15-13-26(14-16-28)12-11-24(31-20-26)18-27-25(29)17-21-5-3-2-4-6-21/h2-10,24H,11-20H2,1H3,(H,27,29). The Hall–Kier alpha value is -2.37. The number of hydrogen-bond acceptors (Lipinski definition) is 4. The highest BCUT2D eigenvalue weighted by Gasteiger charge is 2.38. The normalized spacial score (nSPS) is 21.0. The second-order valence-corrected chi connectivity index (χ2v) is 9.06. The number of amides is 1. The monoisotopic (exact) mass is 422 g/mol. The van der Waals surface area contributed by atoms with Gasteiger partial charge in [0.15, 0.2) is 0 Å². The molecule has 1 unspecified atom stereocenters. The molecular formula is C26H34N2O3. The highest BCUT2D eigenvalue weighted by Crippen LogP contribution is 2.40. The number of carbonyl (C=O) groups is 1. The Bertz CT molecular complexity index is 819. The van der Waals surface area contributed by atoms with Crippen LogP contribution in [0.15, 0.2) is 54.6 Å². The van der Waals surface area contributed by atoms with Crippen LogP contribution in [-0.4, -0.2) is 50.3 Å². The van der Waals surface area contributed by atoms with Crippen LogP contribution in [0.3, 0.4) is 0 Å². The number of hydrogen-bond donors (Lipinski definition) is 1. The molecule has 1 amide bonds. The zero-order valence-corrected chi connectivity index (χ0v) is 18.5. The Kier molecular flexibility index (Phi) is 7.25. The predicted molar refractivity (Wildman–Crippen MR) is 122 cm³/mol. The molecule has 4 rings (SSSR count). The number of ether oxygens (including phenoxy) is 2. The molecule has 0 aliphatic carbocycles. The fraction of sp³-hybridized carbons (Fsp3) is 0.500. The van der Waals surface area contributed by atoms with Gasteiger partial charge in [-0.1, -0.05) is 42.5 Å². The number of nitrogens with zero attached hydrogens (tertiary/aromatic N) is 1. The summed E-state index contributed by atoms with van der Waals surface area (Å²) in [6.45, 7) is 4.67. The van der Waals surface area contributed by atoms with Gasteiger partial charge in [0.1, 0.15) is 5.75 Å². The predicted octanol–water partition coefficient (Wildman–Crippen LogP) is 3.82. The summed E-state index contributed by atoms with van der Waals surface area (Å²) < 4.78 is 11.5. The lowest BCUT2D eigenvalue weighted by Crippen LogP contribution is -2.47. The minimum atomic E-state index is 0.0712. The molecule has 0 radical (unpaired) electrons. The maximum absolute atomic E-state index is 12.2. The molecular weight excluding hydrogens is 388 g/mol. The summed E-state index contributed by atoms with van der Waals surface area (Å²) in [6, 6.07) is 18.3. The number of rotatable bonds is 7. The van der Waals surface area contributed by atoms with E-state index in [-0.39, 0.29) is 12.0 Å². The number of carbonyl (C=O) groups excluding carboxylic acids is 1. The van der Waals surface area contributed by atoms with Crippen molar-refractivity contribution in [1.29, 1.82) is 0 Å². The van der Waals surface area contributed by atoms with Gasteiger partial charge in [-0.25, -0.2) is 0 Å². The molecule has 0 bridgehead atoms. The number of nitrogens with one attached hydrogen (secondary N) is 1. The molecule has 31 heavy (non-hydrogen) atoms. The zero-order valence-electron chi connectivity index (χ0n) is 18.5. The van der Waals surface area contributed by atoms with Crippen molar-refractivity contribution in [3.63, 3.8) is 0 Å². The molecule has 2 aliphatic rings. The average Bonchev–Trinajstić information content (AvgIpc) is 2.82. The number of benzene rings is 2. The molecule has 2 fully saturated rings. The highest BCUT2D eigenvalue weighted by atomic mass is 16.5. The minimum Gasteiger partial charge on any atom is -0.497 e. The van der Waals surface area contributed by atoms with Gasteiger partial charge in [0.2, 0.25) is 5.91 Å². The van der Waals surface area contributed by atoms with E-state index in [1.807, 2.05) is 42.5 Å². The van der Waals surface area contributed by atoms with Crippen LogP contribution in [0.2, 0.25) is 0 Å². The Morgan fingerprint density at radius 1 is 1.06 bits per heavy atom. The van der Waals surface area contributed by atoms with Gasteiger partial charge >= 0.3 is 0 Å². The van der Waals surface area contributed by atoms with Crippen LogP contribution in [0.25, 0.3) is 0 Å². The Labute approximate surface area is 185 Å². The Morgan fingerprint density at radius 2 is 1.81 bits per heavy atom. The molecule has 0 aromatic heterocycles. The van der Waals surface area contributed by atoms with Crippen molar-refractivity contribution in [1.82, 2.24) is 10.2 Å². The van der Waals surface area contributed by atoms with Gasteiger partial charge in [-0.2, -0.15) is 0 Å². The molecule has 0 saturated carbocycles. The summed E-state index contributed by atoms with van der Waals surface area (Å²) in [6.07, 6.45) is 5.18. The summed E-state index contributed by atoms with van der Waals surface area (Å²) in [7, 11) is 1.70. The van der Waals surface area contributed by atoms with Crippen LogP contribution in [-0.2, 0) is 22.5 Å². The smallest absolute Gasteiger partial charge is 0.224 e. The molecule has 2 saturated heterocycles. The van der Waals surface area contributed by atoms with Crippen molar-refractivity contribution < 1.29 is 14.3 Å². The number of likely N-dealkylation sites (tertiary alicyclic amines) is 1. The molecule has 2 aliphatic heterocycles. The van der Waals surface area contributed by atoms with Gasteiger partial charge in [-0.15, -0.1) is 0 Å². The van der Waals surface area contributed by atoms with Gasteiger partial charge in [0.25, 0.3) is 0 Å². The second kappa shape index (κ2) is 10.3. The first-order valence-corrected chi connectivity index (χ1v) is 11.4. The van der Waals surface area contributed by atoms with Gasteiger partial charge < -0.3 is 14.8 Å². The topological polar surface area (TPSA) is 50.8 Å². The number of piperidine rings is 1. The molecule has 2 aromatic carbocycles. The quantitative estimate of drug-likeness (QED) is 0.737. The molecule has 2 heterocycles. The van der Waals surface area contributed by atoms with Crippen molar-refractivity contribution >= 4 is 5.91 Å². The zero-order chi connectivity index (χ0) is 21.5. The van der Waals surface area contributed by atoms with E-state index in [4.69, 9.17) is 9.47 Å². The van der Waals surface area contributed by atoms with Gasteiger partial charge in [-0.3, -0.25) is 9.69 Å². The minimum absolute atomic E-state index is 0.0712. The average molecular weight is 423 g/mol. The van der Waals surface area contributed by atoms with Crippen LogP contribution < -0.4 is 10.1 Å². The summed E-state index contributed by atoms with van der Waals surface area (Å²) >= 11 is 0. The third-order valence-electron chi connectivity index (χ3n) is 6.84. The van der Waals surface area contributed by atoms with Crippen LogP contribution in [0.5, 0.6) is 5.75 Å². The van der Waals surface area contributed by atoms with E-state index in [1.165, 1.54) is 24.8 Å². The lowest BCUT2D eigenvalue weighted by molar-refractivity contribution is -0.122. The van der Waals surface area contributed by atoms with E-state index in [0.717, 1.165) is 44.0 Å². The highest BCUT2D eigenvalue weighted by molar-refractivity contribution is 5.78. The van der Waals surface area contributed by atoms with Crippen molar-refractivity contribution in [2.45, 2.75) is 44.8 Å². The van der Waals surface area contributed by atoms with Crippen molar-refractivity contribution in [2.24, 2.45) is 5.41 Å². The first kappa shape index (κ1) is 21.8. The summed E-state index contributed by atoms with van der Waals surface area (Å²) in [5.41, 5.74) is 2.70. The van der Waals surface area contributed by atoms with Crippen molar-refractivity contribution in [3.05, 3.63) is 65.7 Å². The first-order chi connectivity index (χ1) is 15.1. The maximum Gasteiger partial charge on any atom is 0.224 e. The molecule has 5 heteroatoms. The molecule has 5 nitrogen and oxygen atoms in total. The van der Waals surface area contributed by atoms with Crippen molar-refractivity contribution in [3.8, 4) is 5.75 Å². The number of methoxy groups -OCH3 is 1. The van der Waals surface area contributed by atoms with E-state index < -0.39 is 0 Å². The molecule has 1 spiro atoms. The fourth-order valence-corrected chi connectivity index (χ4v) is 4.72. The molecule has 166 valence electrons. The van der Waals surface area contributed by atoms with E-state index in [2.05, 4.69) is 22.3 Å². The Balaban J connectivity index is 1.16. The van der Waals surface area contributed by atoms with Crippen molar-refractivity contribution in [2.75, 3.05) is 33.4 Å². The van der Waals surface area contributed by atoms with Crippen LogP contribution in [0.1, 0.15) is 36.8 Å². The van der Waals surface area contributed by atoms with Gasteiger partial charge in [0.05, 0.1) is 26.2 Å². The van der Waals surface area contributed by atoms with Crippen LogP contribution in [0.4, 0.5) is 0 Å². The summed E-state index contributed by atoms with van der Waals surface area (Å²) in [5.74, 6) is 0.980. The lowest BCUT2D eigenvalue weighted by atomic mass is 9.73. The third-order valence-corrected chi connectivity index (χ3v) is 6.84. The third kappa shape index (κ3) is 6.08. The summed E-state index contributed by atoms with van der Waals surface area (Å²) in [4.78, 5) is 14.7. The largest absolute Gasteiger partial charge is 0.497 e. The first-order valence-electron chi connectivity index (χ1n) is 11.4. The SMILES string of the molecule is COc1ccc(CN2CCC3(CCC(CNC(=O)Cc4ccccc4)OC3)CC2)cc1. The van der Waals surface area contributed by atoms with Crippen LogP contribution >= 0.6 is 0 Å². The summed E-state index contributed by atoms with van der Waals surface area (Å²) in [5, 5.41) is 3.05. The molecule has 1 atom stereocenters. The maximum atomic E-state index is 12.2. The molecule has 1 N–H and O–H groups in total. The lowest BCUT2D eigenvalue weighted by Gasteiger charge is -2.45. The van der Waals surface area contributed by atoms with E-state index in [0.29, 0.717) is 18.4 Å². The van der Waals surface area contributed by atoms with E-state index in [9.17, 15) is 4.79 Å².